The number of nitrogens with one attached hydrogen (secondary N) is 2. The lowest BCUT2D eigenvalue weighted by atomic mass is 10.0. The molecule has 0 aliphatic rings. The molecule has 7 heteroatoms. The molecular formula is C19H24N4O3. The first-order valence-corrected chi connectivity index (χ1v) is 8.39. The van der Waals surface area contributed by atoms with Gasteiger partial charge in [-0.15, -0.1) is 0 Å². The fraction of sp³-hybridized carbons (Fsp3) is 0.316. The van der Waals surface area contributed by atoms with E-state index in [1.54, 1.807) is 19.5 Å². The predicted octanol–water partition coefficient (Wildman–Crippen LogP) is 2.11. The molecule has 0 radical (unpaired) electrons. The molecule has 0 unspecified atom stereocenters. The molecule has 0 atom stereocenters. The highest BCUT2D eigenvalue weighted by atomic mass is 16.5. The number of hydrogen-bond acceptors (Lipinski definition) is 5. The van der Waals surface area contributed by atoms with Crippen LogP contribution in [0.3, 0.4) is 0 Å². The zero-order valence-electron chi connectivity index (χ0n) is 14.8. The number of rotatable bonds is 9. The Balaban J connectivity index is 1.99. The molecular weight excluding hydrogens is 332 g/mol. The SMILES string of the molecule is COCCCOc1cnccc1-c1ccc(CCC(=O)NC(=N)N)cc1. The van der Waals surface area contributed by atoms with Crippen molar-refractivity contribution in [3.8, 4) is 16.9 Å². The second kappa shape index (κ2) is 10.1. The van der Waals surface area contributed by atoms with E-state index in [1.807, 2.05) is 30.3 Å². The summed E-state index contributed by atoms with van der Waals surface area (Å²) >= 11 is 0. The molecule has 1 aromatic heterocycles. The van der Waals surface area contributed by atoms with Gasteiger partial charge in [0.15, 0.2) is 5.96 Å². The standard InChI is InChI=1S/C19H24N4O3/c1-25-11-2-12-26-17-13-22-10-9-16(17)15-6-3-14(4-7-15)5-8-18(24)23-19(20)21/h3-4,6-7,9-10,13H,2,5,8,11-12H2,1H3,(H4,20,21,23,24). The number of nitrogens with zero attached hydrogens (tertiary/aromatic N) is 1. The highest BCUT2D eigenvalue weighted by Crippen LogP contribution is 2.29. The zero-order chi connectivity index (χ0) is 18.8. The highest BCUT2D eigenvalue weighted by molar-refractivity contribution is 5.94. The van der Waals surface area contributed by atoms with Crippen LogP contribution in [0, 0.1) is 5.41 Å². The number of carbonyl (C=O) groups excluding carboxylic acids is 1. The molecule has 2 aromatic rings. The van der Waals surface area contributed by atoms with E-state index < -0.39 is 0 Å². The van der Waals surface area contributed by atoms with Crippen LogP contribution < -0.4 is 15.8 Å². The lowest BCUT2D eigenvalue weighted by Gasteiger charge is -2.11. The maximum absolute atomic E-state index is 11.5. The third-order valence-corrected chi connectivity index (χ3v) is 3.71. The van der Waals surface area contributed by atoms with Crippen molar-refractivity contribution >= 4 is 11.9 Å². The van der Waals surface area contributed by atoms with Crippen molar-refractivity contribution in [3.05, 3.63) is 48.3 Å². The van der Waals surface area contributed by atoms with Crippen molar-refractivity contribution in [2.45, 2.75) is 19.3 Å². The number of methoxy groups -OCH3 is 1. The van der Waals surface area contributed by atoms with Crippen LogP contribution in [0.5, 0.6) is 5.75 Å². The van der Waals surface area contributed by atoms with Crippen molar-refractivity contribution in [1.82, 2.24) is 10.3 Å². The Morgan fingerprint density at radius 2 is 2.00 bits per heavy atom. The summed E-state index contributed by atoms with van der Waals surface area (Å²) < 4.78 is 10.8. The van der Waals surface area contributed by atoms with Gasteiger partial charge in [0.25, 0.3) is 0 Å². The van der Waals surface area contributed by atoms with E-state index in [0.717, 1.165) is 28.9 Å². The van der Waals surface area contributed by atoms with Gasteiger partial charge in [0.05, 0.1) is 12.8 Å². The normalized spacial score (nSPS) is 10.3. The molecule has 0 saturated carbocycles. The fourth-order valence-corrected chi connectivity index (χ4v) is 2.44. The lowest BCUT2D eigenvalue weighted by molar-refractivity contribution is -0.119. The molecule has 4 N–H and O–H groups in total. The quantitative estimate of drug-likeness (QED) is 0.362. The van der Waals surface area contributed by atoms with Gasteiger partial charge in [-0.3, -0.25) is 20.5 Å². The largest absolute Gasteiger partial charge is 0.491 e. The minimum absolute atomic E-state index is 0.262. The van der Waals surface area contributed by atoms with Crippen molar-refractivity contribution in [2.24, 2.45) is 5.73 Å². The van der Waals surface area contributed by atoms with Gasteiger partial charge in [-0.2, -0.15) is 0 Å². The number of benzene rings is 1. The van der Waals surface area contributed by atoms with E-state index in [2.05, 4.69) is 10.3 Å². The number of pyridine rings is 1. The van der Waals surface area contributed by atoms with Crippen LogP contribution >= 0.6 is 0 Å². The summed E-state index contributed by atoms with van der Waals surface area (Å²) in [4.78, 5) is 15.7. The van der Waals surface area contributed by atoms with E-state index in [0.29, 0.717) is 19.6 Å². The zero-order valence-corrected chi connectivity index (χ0v) is 14.8. The predicted molar refractivity (Wildman–Crippen MR) is 100 cm³/mol. The molecule has 0 saturated heterocycles. The van der Waals surface area contributed by atoms with E-state index in [9.17, 15) is 4.79 Å². The second-order valence-electron chi connectivity index (χ2n) is 5.73. The molecule has 1 heterocycles. The topological polar surface area (TPSA) is 110 Å². The number of amides is 1. The first kappa shape index (κ1) is 19.4. The summed E-state index contributed by atoms with van der Waals surface area (Å²) in [7, 11) is 1.67. The van der Waals surface area contributed by atoms with Gasteiger partial charge < -0.3 is 15.2 Å². The van der Waals surface area contributed by atoms with Gasteiger partial charge in [-0.1, -0.05) is 24.3 Å². The van der Waals surface area contributed by atoms with Crippen LogP contribution in [0.25, 0.3) is 11.1 Å². The number of guanidine groups is 1. The Morgan fingerprint density at radius 3 is 2.69 bits per heavy atom. The van der Waals surface area contributed by atoms with Crippen molar-refractivity contribution < 1.29 is 14.3 Å². The minimum Gasteiger partial charge on any atom is -0.491 e. The molecule has 1 amide bonds. The summed E-state index contributed by atoms with van der Waals surface area (Å²) in [5.41, 5.74) is 8.16. The van der Waals surface area contributed by atoms with Crippen LogP contribution in [-0.2, 0) is 16.0 Å². The van der Waals surface area contributed by atoms with Crippen molar-refractivity contribution in [3.63, 3.8) is 0 Å². The van der Waals surface area contributed by atoms with Crippen molar-refractivity contribution in [1.29, 1.82) is 5.41 Å². The van der Waals surface area contributed by atoms with Crippen LogP contribution in [0.2, 0.25) is 0 Å². The summed E-state index contributed by atoms with van der Waals surface area (Å²) in [6.07, 6.45) is 5.11. The smallest absolute Gasteiger partial charge is 0.226 e. The molecule has 0 aliphatic carbocycles. The first-order chi connectivity index (χ1) is 12.6. The average molecular weight is 356 g/mol. The highest BCUT2D eigenvalue weighted by Gasteiger charge is 2.08. The van der Waals surface area contributed by atoms with E-state index in [1.165, 1.54) is 0 Å². The summed E-state index contributed by atoms with van der Waals surface area (Å²) in [6.45, 7) is 1.22. The van der Waals surface area contributed by atoms with Crippen LogP contribution in [0.1, 0.15) is 18.4 Å². The molecule has 138 valence electrons. The third-order valence-electron chi connectivity index (χ3n) is 3.71. The summed E-state index contributed by atoms with van der Waals surface area (Å²) in [5.74, 6) is 0.140. The Hall–Kier alpha value is -2.93. The number of hydrogen-bond donors (Lipinski definition) is 3. The van der Waals surface area contributed by atoms with E-state index in [4.69, 9.17) is 20.6 Å². The van der Waals surface area contributed by atoms with Gasteiger partial charge in [-0.05, 0) is 23.6 Å². The Kier molecular flexibility index (Phi) is 7.57. The molecule has 2 rings (SSSR count). The average Bonchev–Trinajstić information content (AvgIpc) is 2.64. The fourth-order valence-electron chi connectivity index (χ4n) is 2.44. The van der Waals surface area contributed by atoms with Gasteiger partial charge in [0.2, 0.25) is 5.91 Å². The monoisotopic (exact) mass is 356 g/mol. The number of nitrogens with two attached hydrogens (primary N) is 1. The van der Waals surface area contributed by atoms with Gasteiger partial charge in [-0.25, -0.2) is 0 Å². The molecule has 0 spiro atoms. The lowest BCUT2D eigenvalue weighted by Crippen LogP contribution is -2.35. The van der Waals surface area contributed by atoms with E-state index >= 15 is 0 Å². The van der Waals surface area contributed by atoms with Crippen LogP contribution in [0.15, 0.2) is 42.7 Å². The molecule has 0 aliphatic heterocycles. The minimum atomic E-state index is -0.332. The molecule has 0 bridgehead atoms. The number of carbonyl (C=O) groups is 1. The van der Waals surface area contributed by atoms with Gasteiger partial charge >= 0.3 is 0 Å². The molecule has 0 fully saturated rings. The van der Waals surface area contributed by atoms with Gasteiger partial charge in [0.1, 0.15) is 5.75 Å². The third kappa shape index (κ3) is 6.18. The Bertz CT molecular complexity index is 732. The number of aryl methyl sites for hydroxylation is 1. The number of aromatic nitrogens is 1. The maximum Gasteiger partial charge on any atom is 0.226 e. The summed E-state index contributed by atoms with van der Waals surface area (Å²) in [6, 6.07) is 9.86. The van der Waals surface area contributed by atoms with Gasteiger partial charge in [0, 0.05) is 38.3 Å². The molecule has 26 heavy (non-hydrogen) atoms. The van der Waals surface area contributed by atoms with Crippen LogP contribution in [0.4, 0.5) is 0 Å². The van der Waals surface area contributed by atoms with E-state index in [-0.39, 0.29) is 18.3 Å². The maximum atomic E-state index is 11.5. The number of ether oxygens (including phenoxy) is 2. The summed E-state index contributed by atoms with van der Waals surface area (Å²) in [5, 5.41) is 9.32. The van der Waals surface area contributed by atoms with Crippen molar-refractivity contribution in [2.75, 3.05) is 20.3 Å². The first-order valence-electron chi connectivity index (χ1n) is 8.39. The molecule has 7 nitrogen and oxygen atoms in total. The Morgan fingerprint density at radius 1 is 1.23 bits per heavy atom. The van der Waals surface area contributed by atoms with Crippen LogP contribution in [-0.4, -0.2) is 37.2 Å². The Labute approximate surface area is 153 Å². The second-order valence-corrected chi connectivity index (χ2v) is 5.73. The molecule has 1 aromatic carbocycles.